The molecule has 1 aliphatic heterocycles. The molecule has 0 saturated carbocycles. The fraction of sp³-hybridized carbons (Fsp3) is 0.292. The second-order valence-electron chi connectivity index (χ2n) is 7.29. The van der Waals surface area contributed by atoms with Crippen molar-refractivity contribution >= 4 is 23.6 Å². The monoisotopic (exact) mass is 419 g/mol. The molecule has 1 atom stereocenters. The Labute approximate surface area is 181 Å². The summed E-state index contributed by atoms with van der Waals surface area (Å²) in [5.41, 5.74) is 2.52. The Morgan fingerprint density at radius 2 is 1.94 bits per heavy atom. The molecular formula is C24H25N3O4. The minimum atomic E-state index is -0.425. The lowest BCUT2D eigenvalue weighted by Crippen LogP contribution is -2.32. The SMILES string of the molecule is Cc1ccc(NC(=O)COc2ccc(C=C(C#N)C(=O)NCC3CCCO3)cc2)cc1. The van der Waals surface area contributed by atoms with Crippen molar-refractivity contribution in [2.75, 3.05) is 25.1 Å². The van der Waals surface area contributed by atoms with Crippen LogP contribution in [0, 0.1) is 18.3 Å². The molecule has 0 bridgehead atoms. The standard InChI is InChI=1S/C24H25N3O4/c1-17-4-8-20(9-5-17)27-23(28)16-31-21-10-6-18(7-11-21)13-19(14-25)24(29)26-15-22-3-2-12-30-22/h4-11,13,22H,2-3,12,15-16H2,1H3,(H,26,29)(H,27,28). The zero-order chi connectivity index (χ0) is 22.1. The normalized spacial score (nSPS) is 15.7. The maximum atomic E-state index is 12.2. The molecule has 160 valence electrons. The van der Waals surface area contributed by atoms with Crippen molar-refractivity contribution < 1.29 is 19.1 Å². The number of nitrogens with zero attached hydrogens (tertiary/aromatic N) is 1. The minimum absolute atomic E-state index is 0.0172. The molecular weight excluding hydrogens is 394 g/mol. The van der Waals surface area contributed by atoms with Gasteiger partial charge in [-0.2, -0.15) is 5.26 Å². The summed E-state index contributed by atoms with van der Waals surface area (Å²) in [5, 5.41) is 14.8. The van der Waals surface area contributed by atoms with E-state index in [-0.39, 0.29) is 24.2 Å². The minimum Gasteiger partial charge on any atom is -0.484 e. The van der Waals surface area contributed by atoms with Crippen LogP contribution in [0.1, 0.15) is 24.0 Å². The summed E-state index contributed by atoms with van der Waals surface area (Å²) in [6.45, 7) is 2.96. The number of anilines is 1. The Kier molecular flexibility index (Phi) is 7.79. The first-order chi connectivity index (χ1) is 15.0. The molecule has 1 unspecified atom stereocenters. The Morgan fingerprint density at radius 1 is 1.19 bits per heavy atom. The summed E-state index contributed by atoms with van der Waals surface area (Å²) >= 11 is 0. The van der Waals surface area contributed by atoms with Gasteiger partial charge in [0.15, 0.2) is 6.61 Å². The first-order valence-corrected chi connectivity index (χ1v) is 10.1. The quantitative estimate of drug-likeness (QED) is 0.505. The molecule has 0 spiro atoms. The van der Waals surface area contributed by atoms with Gasteiger partial charge in [-0.3, -0.25) is 9.59 Å². The Balaban J connectivity index is 1.49. The van der Waals surface area contributed by atoms with Gasteiger partial charge in [0.25, 0.3) is 11.8 Å². The topological polar surface area (TPSA) is 100 Å². The molecule has 1 fully saturated rings. The molecule has 2 aromatic rings. The van der Waals surface area contributed by atoms with Crippen LogP contribution in [0.3, 0.4) is 0 Å². The molecule has 0 radical (unpaired) electrons. The highest BCUT2D eigenvalue weighted by Crippen LogP contribution is 2.16. The van der Waals surface area contributed by atoms with E-state index in [2.05, 4.69) is 10.6 Å². The van der Waals surface area contributed by atoms with E-state index in [0.717, 1.165) is 18.4 Å². The van der Waals surface area contributed by atoms with Crippen LogP contribution in [0.4, 0.5) is 5.69 Å². The van der Waals surface area contributed by atoms with Crippen LogP contribution >= 0.6 is 0 Å². The maximum Gasteiger partial charge on any atom is 0.262 e. The van der Waals surface area contributed by atoms with Gasteiger partial charge in [-0.05, 0) is 55.7 Å². The lowest BCUT2D eigenvalue weighted by atomic mass is 10.1. The second kappa shape index (κ2) is 11.0. The van der Waals surface area contributed by atoms with Crippen LogP contribution in [0.25, 0.3) is 6.08 Å². The number of ether oxygens (including phenoxy) is 2. The lowest BCUT2D eigenvalue weighted by Gasteiger charge is -2.10. The van der Waals surface area contributed by atoms with Crippen LogP contribution < -0.4 is 15.4 Å². The summed E-state index contributed by atoms with van der Waals surface area (Å²) in [7, 11) is 0. The first kappa shape index (κ1) is 22.1. The van der Waals surface area contributed by atoms with E-state index in [1.807, 2.05) is 37.3 Å². The number of nitrogens with one attached hydrogen (secondary N) is 2. The van der Waals surface area contributed by atoms with E-state index in [0.29, 0.717) is 30.2 Å². The smallest absolute Gasteiger partial charge is 0.262 e. The molecule has 3 rings (SSSR count). The van der Waals surface area contributed by atoms with Crippen LogP contribution in [0.15, 0.2) is 54.1 Å². The number of hydrogen-bond acceptors (Lipinski definition) is 5. The van der Waals surface area contributed by atoms with Crippen LogP contribution in [-0.2, 0) is 14.3 Å². The first-order valence-electron chi connectivity index (χ1n) is 10.1. The van der Waals surface area contributed by atoms with Gasteiger partial charge in [0.2, 0.25) is 0 Å². The summed E-state index contributed by atoms with van der Waals surface area (Å²) in [6, 6.07) is 16.2. The van der Waals surface area contributed by atoms with Gasteiger partial charge in [0, 0.05) is 18.8 Å². The zero-order valence-electron chi connectivity index (χ0n) is 17.4. The van der Waals surface area contributed by atoms with Crippen molar-refractivity contribution in [3.05, 3.63) is 65.2 Å². The summed E-state index contributed by atoms with van der Waals surface area (Å²) in [4.78, 5) is 24.2. The third-order valence-corrected chi connectivity index (χ3v) is 4.78. The van der Waals surface area contributed by atoms with Crippen molar-refractivity contribution in [3.8, 4) is 11.8 Å². The van der Waals surface area contributed by atoms with Gasteiger partial charge in [0.1, 0.15) is 17.4 Å². The lowest BCUT2D eigenvalue weighted by molar-refractivity contribution is -0.118. The van der Waals surface area contributed by atoms with E-state index in [1.165, 1.54) is 6.08 Å². The summed E-state index contributed by atoms with van der Waals surface area (Å²) in [5.74, 6) is -0.175. The number of carbonyl (C=O) groups is 2. The number of carbonyl (C=O) groups excluding carboxylic acids is 2. The number of amides is 2. The highest BCUT2D eigenvalue weighted by Gasteiger charge is 2.17. The molecule has 2 aromatic carbocycles. The largest absolute Gasteiger partial charge is 0.484 e. The van der Waals surface area contributed by atoms with Gasteiger partial charge < -0.3 is 20.1 Å². The van der Waals surface area contributed by atoms with Crippen molar-refractivity contribution in [1.82, 2.24) is 5.32 Å². The molecule has 0 aliphatic carbocycles. The van der Waals surface area contributed by atoms with Crippen molar-refractivity contribution in [1.29, 1.82) is 5.26 Å². The second-order valence-corrected chi connectivity index (χ2v) is 7.29. The molecule has 7 heteroatoms. The number of hydrogen-bond donors (Lipinski definition) is 2. The number of aryl methyl sites for hydroxylation is 1. The van der Waals surface area contributed by atoms with Crippen molar-refractivity contribution in [2.45, 2.75) is 25.9 Å². The molecule has 1 aliphatic rings. The predicted molar refractivity (Wildman–Crippen MR) is 117 cm³/mol. The average molecular weight is 419 g/mol. The molecule has 7 nitrogen and oxygen atoms in total. The zero-order valence-corrected chi connectivity index (χ0v) is 17.4. The molecule has 31 heavy (non-hydrogen) atoms. The Morgan fingerprint density at radius 3 is 2.58 bits per heavy atom. The van der Waals surface area contributed by atoms with Gasteiger partial charge in [0.05, 0.1) is 6.10 Å². The van der Waals surface area contributed by atoms with Gasteiger partial charge in [-0.1, -0.05) is 29.8 Å². The van der Waals surface area contributed by atoms with E-state index in [4.69, 9.17) is 9.47 Å². The summed E-state index contributed by atoms with van der Waals surface area (Å²) < 4.78 is 11.0. The maximum absolute atomic E-state index is 12.2. The van der Waals surface area contributed by atoms with E-state index in [9.17, 15) is 14.9 Å². The average Bonchev–Trinajstić information content (AvgIpc) is 3.30. The molecule has 2 N–H and O–H groups in total. The van der Waals surface area contributed by atoms with Crippen LogP contribution in [-0.4, -0.2) is 37.7 Å². The van der Waals surface area contributed by atoms with Crippen molar-refractivity contribution in [2.24, 2.45) is 0 Å². The highest BCUT2D eigenvalue weighted by atomic mass is 16.5. The third-order valence-electron chi connectivity index (χ3n) is 4.78. The van der Waals surface area contributed by atoms with Gasteiger partial charge in [-0.15, -0.1) is 0 Å². The number of benzene rings is 2. The Hall–Kier alpha value is -3.63. The van der Waals surface area contributed by atoms with Crippen LogP contribution in [0.5, 0.6) is 5.75 Å². The van der Waals surface area contributed by atoms with Crippen LogP contribution in [0.2, 0.25) is 0 Å². The third kappa shape index (κ3) is 6.98. The predicted octanol–water partition coefficient (Wildman–Crippen LogP) is 3.21. The fourth-order valence-electron chi connectivity index (χ4n) is 3.07. The molecule has 0 aromatic heterocycles. The van der Waals surface area contributed by atoms with Gasteiger partial charge >= 0.3 is 0 Å². The molecule has 1 saturated heterocycles. The molecule has 1 heterocycles. The van der Waals surface area contributed by atoms with Gasteiger partial charge in [-0.25, -0.2) is 0 Å². The number of nitriles is 1. The number of rotatable bonds is 8. The Bertz CT molecular complexity index is 969. The van der Waals surface area contributed by atoms with Crippen molar-refractivity contribution in [3.63, 3.8) is 0 Å². The van der Waals surface area contributed by atoms with E-state index >= 15 is 0 Å². The van der Waals surface area contributed by atoms with E-state index < -0.39 is 5.91 Å². The molecule has 2 amide bonds. The highest BCUT2D eigenvalue weighted by molar-refractivity contribution is 6.01. The fourth-order valence-corrected chi connectivity index (χ4v) is 3.07. The summed E-state index contributed by atoms with van der Waals surface area (Å²) in [6.07, 6.45) is 3.43. The van der Waals surface area contributed by atoms with E-state index in [1.54, 1.807) is 24.3 Å².